The van der Waals surface area contributed by atoms with Gasteiger partial charge in [0.15, 0.2) is 0 Å². The second-order valence-corrected chi connectivity index (χ2v) is 8.40. The van der Waals surface area contributed by atoms with Gasteiger partial charge in [-0.1, -0.05) is 11.6 Å². The number of carbonyl (C=O) groups excluding carboxylic acids is 1. The number of carbonyl (C=O) groups is 1. The Morgan fingerprint density at radius 1 is 1.21 bits per heavy atom. The molecule has 2 aliphatic heterocycles. The zero-order valence-corrected chi connectivity index (χ0v) is 18.1. The second kappa shape index (κ2) is 10.0. The Labute approximate surface area is 182 Å². The summed E-state index contributed by atoms with van der Waals surface area (Å²) < 4.78 is 10.9. The molecular formula is C21H29Cl2N3O3. The van der Waals surface area contributed by atoms with E-state index in [1.807, 2.05) is 0 Å². The van der Waals surface area contributed by atoms with Crippen molar-refractivity contribution in [2.45, 2.75) is 25.7 Å². The van der Waals surface area contributed by atoms with Crippen molar-refractivity contribution in [2.24, 2.45) is 11.8 Å². The molecule has 8 heteroatoms. The van der Waals surface area contributed by atoms with E-state index in [9.17, 15) is 4.79 Å². The van der Waals surface area contributed by atoms with E-state index in [0.717, 1.165) is 45.1 Å². The molecule has 0 spiro atoms. The average Bonchev–Trinajstić information content (AvgIpc) is 3.21. The van der Waals surface area contributed by atoms with E-state index >= 15 is 0 Å². The number of fused-ring (bicyclic) bond motifs is 1. The van der Waals surface area contributed by atoms with Crippen LogP contribution < -0.4 is 11.1 Å². The molecule has 160 valence electrons. The van der Waals surface area contributed by atoms with Gasteiger partial charge in [0.25, 0.3) is 5.91 Å². The van der Waals surface area contributed by atoms with Crippen LogP contribution in [0, 0.1) is 11.8 Å². The highest BCUT2D eigenvalue weighted by Gasteiger charge is 2.24. The number of nitrogens with zero attached hydrogens (tertiary/aromatic N) is 1. The number of benzene rings is 1. The number of halogens is 2. The van der Waals surface area contributed by atoms with E-state index in [0.29, 0.717) is 39.7 Å². The highest BCUT2D eigenvalue weighted by atomic mass is 35.5. The molecule has 3 N–H and O–H groups in total. The van der Waals surface area contributed by atoms with Crippen molar-refractivity contribution >= 4 is 46.6 Å². The SMILES string of the molecule is Cl.Nc1c(Cl)cc(C(=O)NCC2CCN(CC3CCOCC3)CC2)c2occc12. The van der Waals surface area contributed by atoms with Gasteiger partial charge in [-0.15, -0.1) is 12.4 Å². The third-order valence-corrected chi connectivity index (χ3v) is 6.40. The second-order valence-electron chi connectivity index (χ2n) is 7.99. The number of nitrogens with two attached hydrogens (primary N) is 1. The lowest BCUT2D eigenvalue weighted by molar-refractivity contribution is 0.0467. The van der Waals surface area contributed by atoms with Gasteiger partial charge in [0.1, 0.15) is 5.58 Å². The van der Waals surface area contributed by atoms with Crippen LogP contribution in [0.2, 0.25) is 5.02 Å². The zero-order valence-electron chi connectivity index (χ0n) is 16.5. The zero-order chi connectivity index (χ0) is 19.5. The number of hydrogen-bond donors (Lipinski definition) is 2. The maximum Gasteiger partial charge on any atom is 0.255 e. The van der Waals surface area contributed by atoms with Crippen molar-refractivity contribution in [2.75, 3.05) is 45.1 Å². The summed E-state index contributed by atoms with van der Waals surface area (Å²) in [5.41, 5.74) is 7.34. The van der Waals surface area contributed by atoms with Crippen LogP contribution in [0.3, 0.4) is 0 Å². The molecule has 3 heterocycles. The van der Waals surface area contributed by atoms with Crippen molar-refractivity contribution in [3.63, 3.8) is 0 Å². The van der Waals surface area contributed by atoms with Crippen LogP contribution in [-0.4, -0.2) is 50.2 Å². The smallest absolute Gasteiger partial charge is 0.255 e. The molecule has 0 unspecified atom stereocenters. The number of piperidine rings is 1. The Morgan fingerprint density at radius 2 is 1.93 bits per heavy atom. The van der Waals surface area contributed by atoms with Gasteiger partial charge in [-0.25, -0.2) is 0 Å². The third kappa shape index (κ3) is 5.18. The Balaban J connectivity index is 0.00000240. The number of ether oxygens (including phenoxy) is 1. The molecule has 2 aromatic rings. The van der Waals surface area contributed by atoms with Crippen molar-refractivity contribution in [1.82, 2.24) is 10.2 Å². The van der Waals surface area contributed by atoms with E-state index in [1.165, 1.54) is 25.6 Å². The van der Waals surface area contributed by atoms with Crippen molar-refractivity contribution in [3.8, 4) is 0 Å². The number of rotatable bonds is 5. The number of nitrogen functional groups attached to an aromatic ring is 1. The monoisotopic (exact) mass is 441 g/mol. The van der Waals surface area contributed by atoms with Crippen LogP contribution >= 0.6 is 24.0 Å². The minimum atomic E-state index is -0.161. The Hall–Kier alpha value is -1.47. The van der Waals surface area contributed by atoms with Gasteiger partial charge in [-0.3, -0.25) is 4.79 Å². The number of nitrogens with one attached hydrogen (secondary N) is 1. The summed E-state index contributed by atoms with van der Waals surface area (Å²) in [5, 5.41) is 4.12. The third-order valence-electron chi connectivity index (χ3n) is 6.09. The lowest BCUT2D eigenvalue weighted by atomic mass is 9.94. The highest BCUT2D eigenvalue weighted by Crippen LogP contribution is 2.32. The number of furan rings is 1. The quantitative estimate of drug-likeness (QED) is 0.686. The normalized spacial score (nSPS) is 19.2. The molecule has 0 bridgehead atoms. The fourth-order valence-electron chi connectivity index (χ4n) is 4.30. The average molecular weight is 442 g/mol. The van der Waals surface area contributed by atoms with Crippen molar-refractivity contribution in [3.05, 3.63) is 29.0 Å². The predicted molar refractivity (Wildman–Crippen MR) is 118 cm³/mol. The largest absolute Gasteiger partial charge is 0.463 e. The van der Waals surface area contributed by atoms with Crippen molar-refractivity contribution < 1.29 is 13.9 Å². The number of amides is 1. The van der Waals surface area contributed by atoms with Crippen LogP contribution in [0.1, 0.15) is 36.0 Å². The summed E-state index contributed by atoms with van der Waals surface area (Å²) in [7, 11) is 0. The molecule has 0 aliphatic carbocycles. The molecular weight excluding hydrogens is 413 g/mol. The maximum atomic E-state index is 12.7. The first-order valence-electron chi connectivity index (χ1n) is 10.2. The standard InChI is InChI=1S/C21H28ClN3O3.ClH/c22-18-11-17(20-16(19(18)23)5-10-28-20)21(26)24-12-14-1-6-25(7-2-14)13-15-3-8-27-9-4-15;/h5,10-11,14-15H,1-4,6-9,12-13,23H2,(H,24,26);1H. The minimum Gasteiger partial charge on any atom is -0.463 e. The van der Waals surface area contributed by atoms with Crippen molar-refractivity contribution in [1.29, 1.82) is 0 Å². The van der Waals surface area contributed by atoms with Gasteiger partial charge in [0.05, 0.1) is 22.5 Å². The number of anilines is 1. The molecule has 4 rings (SSSR count). The van der Waals surface area contributed by atoms with E-state index in [1.54, 1.807) is 12.1 Å². The maximum absolute atomic E-state index is 12.7. The molecule has 29 heavy (non-hydrogen) atoms. The summed E-state index contributed by atoms with van der Waals surface area (Å²) in [6.07, 6.45) is 6.12. The van der Waals surface area contributed by atoms with Crippen LogP contribution in [0.25, 0.3) is 11.0 Å². The molecule has 0 atom stereocenters. The first kappa shape index (κ1) is 22.2. The summed E-state index contributed by atoms with van der Waals surface area (Å²) in [5.74, 6) is 1.12. The van der Waals surface area contributed by atoms with Gasteiger partial charge >= 0.3 is 0 Å². The topological polar surface area (TPSA) is 80.7 Å². The molecule has 2 fully saturated rings. The highest BCUT2D eigenvalue weighted by molar-refractivity contribution is 6.35. The van der Waals surface area contributed by atoms with Crippen LogP contribution in [0.15, 0.2) is 22.8 Å². The summed E-state index contributed by atoms with van der Waals surface area (Å²) in [6, 6.07) is 3.33. The predicted octanol–water partition coefficient (Wildman–Crippen LogP) is 3.96. The first-order valence-corrected chi connectivity index (χ1v) is 10.5. The van der Waals surface area contributed by atoms with Gasteiger partial charge in [0.2, 0.25) is 0 Å². The van der Waals surface area contributed by atoms with Crippen LogP contribution in [0.4, 0.5) is 5.69 Å². The lowest BCUT2D eigenvalue weighted by Crippen LogP contribution is -2.41. The summed E-state index contributed by atoms with van der Waals surface area (Å²) in [4.78, 5) is 15.3. The van der Waals surface area contributed by atoms with Gasteiger partial charge < -0.3 is 25.1 Å². The van der Waals surface area contributed by atoms with Gasteiger partial charge in [-0.2, -0.15) is 0 Å². The molecule has 0 radical (unpaired) electrons. The van der Waals surface area contributed by atoms with E-state index in [4.69, 9.17) is 26.5 Å². The lowest BCUT2D eigenvalue weighted by Gasteiger charge is -2.35. The molecule has 6 nitrogen and oxygen atoms in total. The molecule has 1 amide bonds. The summed E-state index contributed by atoms with van der Waals surface area (Å²) in [6.45, 7) is 5.88. The number of hydrogen-bond acceptors (Lipinski definition) is 5. The van der Waals surface area contributed by atoms with E-state index in [2.05, 4.69) is 10.2 Å². The molecule has 1 aromatic carbocycles. The molecule has 2 saturated heterocycles. The van der Waals surface area contributed by atoms with Gasteiger partial charge in [0, 0.05) is 31.7 Å². The van der Waals surface area contributed by atoms with Gasteiger partial charge in [-0.05, 0) is 62.7 Å². The first-order chi connectivity index (χ1) is 13.6. The molecule has 1 aromatic heterocycles. The van der Waals surface area contributed by atoms with E-state index < -0.39 is 0 Å². The van der Waals surface area contributed by atoms with Crippen LogP contribution in [0.5, 0.6) is 0 Å². The number of likely N-dealkylation sites (tertiary alicyclic amines) is 1. The van der Waals surface area contributed by atoms with E-state index in [-0.39, 0.29) is 18.3 Å². The molecule has 2 aliphatic rings. The summed E-state index contributed by atoms with van der Waals surface area (Å²) >= 11 is 6.18. The van der Waals surface area contributed by atoms with Crippen LogP contribution in [-0.2, 0) is 4.74 Å². The Morgan fingerprint density at radius 3 is 2.66 bits per heavy atom. The fraction of sp³-hybridized carbons (Fsp3) is 0.571. The fourth-order valence-corrected chi connectivity index (χ4v) is 4.51. The minimum absolute atomic E-state index is 0. The Bertz CT molecular complexity index is 828. The Kier molecular flexibility index (Phi) is 7.68. The molecule has 0 saturated carbocycles.